The second-order valence-corrected chi connectivity index (χ2v) is 4.18. The highest BCUT2D eigenvalue weighted by Crippen LogP contribution is 2.30. The molecule has 88 valence electrons. The van der Waals surface area contributed by atoms with E-state index >= 15 is 0 Å². The number of benzene rings is 1. The fourth-order valence-corrected chi connectivity index (χ4v) is 2.41. The number of aliphatic hydroxyl groups excluding tert-OH is 1. The zero-order valence-electron chi connectivity index (χ0n) is 9.72. The first-order valence-electron chi connectivity index (χ1n) is 5.84. The van der Waals surface area contributed by atoms with E-state index in [1.54, 1.807) is 7.11 Å². The molecule has 1 aliphatic rings. The lowest BCUT2D eigenvalue weighted by molar-refractivity contribution is 0.144. The van der Waals surface area contributed by atoms with Crippen molar-refractivity contribution >= 4 is 0 Å². The summed E-state index contributed by atoms with van der Waals surface area (Å²) in [6.45, 7) is 2.30. The second-order valence-electron chi connectivity index (χ2n) is 4.18. The Labute approximate surface area is 96.6 Å². The van der Waals surface area contributed by atoms with E-state index in [1.807, 2.05) is 24.3 Å². The number of rotatable bonds is 4. The highest BCUT2D eigenvalue weighted by Gasteiger charge is 2.24. The Morgan fingerprint density at radius 3 is 2.62 bits per heavy atom. The van der Waals surface area contributed by atoms with Gasteiger partial charge < -0.3 is 9.84 Å². The van der Waals surface area contributed by atoms with E-state index in [-0.39, 0.29) is 12.6 Å². The third-order valence-electron chi connectivity index (χ3n) is 3.25. The van der Waals surface area contributed by atoms with E-state index < -0.39 is 0 Å². The minimum absolute atomic E-state index is 0.0821. The molecule has 1 aliphatic heterocycles. The molecule has 1 N–H and O–H groups in total. The average Bonchev–Trinajstić information content (AvgIpc) is 2.84. The highest BCUT2D eigenvalue weighted by atomic mass is 16.5. The molecule has 2 rings (SSSR count). The SMILES string of the molecule is COc1ccccc1[C@@H](CO)N1CCCC1. The van der Waals surface area contributed by atoms with Crippen molar-refractivity contribution in [2.24, 2.45) is 0 Å². The Hall–Kier alpha value is -1.06. The summed E-state index contributed by atoms with van der Waals surface area (Å²) in [6.07, 6.45) is 2.46. The number of ether oxygens (including phenoxy) is 1. The van der Waals surface area contributed by atoms with E-state index in [1.165, 1.54) is 12.8 Å². The molecular formula is C13H19NO2. The first-order chi connectivity index (χ1) is 7.86. The van der Waals surface area contributed by atoms with Crippen molar-refractivity contribution in [3.63, 3.8) is 0 Å². The van der Waals surface area contributed by atoms with Crippen molar-refractivity contribution in [3.05, 3.63) is 29.8 Å². The smallest absolute Gasteiger partial charge is 0.123 e. The molecule has 0 spiro atoms. The molecule has 0 bridgehead atoms. The van der Waals surface area contributed by atoms with Gasteiger partial charge in [0.25, 0.3) is 0 Å². The van der Waals surface area contributed by atoms with Crippen molar-refractivity contribution in [1.82, 2.24) is 4.90 Å². The van der Waals surface area contributed by atoms with Gasteiger partial charge in [0.15, 0.2) is 0 Å². The minimum Gasteiger partial charge on any atom is -0.496 e. The summed E-state index contributed by atoms with van der Waals surface area (Å²) in [6, 6.07) is 8.03. The van der Waals surface area contributed by atoms with Gasteiger partial charge in [-0.15, -0.1) is 0 Å². The predicted molar refractivity (Wildman–Crippen MR) is 63.6 cm³/mol. The molecule has 1 heterocycles. The van der Waals surface area contributed by atoms with Gasteiger partial charge in [-0.25, -0.2) is 0 Å². The number of likely N-dealkylation sites (tertiary alicyclic amines) is 1. The van der Waals surface area contributed by atoms with Crippen LogP contribution in [0, 0.1) is 0 Å². The largest absolute Gasteiger partial charge is 0.496 e. The first-order valence-corrected chi connectivity index (χ1v) is 5.84. The Bertz CT molecular complexity index is 334. The van der Waals surface area contributed by atoms with Gasteiger partial charge in [0.1, 0.15) is 5.75 Å². The minimum atomic E-state index is 0.0821. The number of aliphatic hydroxyl groups is 1. The van der Waals surface area contributed by atoms with Crippen LogP contribution in [0.2, 0.25) is 0 Å². The fraction of sp³-hybridized carbons (Fsp3) is 0.538. The maximum Gasteiger partial charge on any atom is 0.123 e. The topological polar surface area (TPSA) is 32.7 Å². The summed E-state index contributed by atoms with van der Waals surface area (Å²) in [5, 5.41) is 9.56. The third-order valence-corrected chi connectivity index (χ3v) is 3.25. The predicted octanol–water partition coefficient (Wildman–Crippen LogP) is 1.82. The molecule has 1 aromatic carbocycles. The number of hydrogen-bond donors (Lipinski definition) is 1. The summed E-state index contributed by atoms with van der Waals surface area (Å²) in [5.74, 6) is 0.869. The van der Waals surface area contributed by atoms with Gasteiger partial charge in [-0.1, -0.05) is 18.2 Å². The molecule has 0 aliphatic carbocycles. The van der Waals surface area contributed by atoms with Gasteiger partial charge in [0.05, 0.1) is 19.8 Å². The van der Waals surface area contributed by atoms with E-state index in [2.05, 4.69) is 4.90 Å². The molecule has 1 aromatic rings. The molecule has 0 amide bonds. The lowest BCUT2D eigenvalue weighted by atomic mass is 10.1. The van der Waals surface area contributed by atoms with Crippen LogP contribution in [0.4, 0.5) is 0 Å². The van der Waals surface area contributed by atoms with Gasteiger partial charge in [-0.05, 0) is 32.0 Å². The van der Waals surface area contributed by atoms with Crippen molar-refractivity contribution in [2.45, 2.75) is 18.9 Å². The molecule has 3 nitrogen and oxygen atoms in total. The van der Waals surface area contributed by atoms with Crippen LogP contribution in [0.5, 0.6) is 5.75 Å². The molecule has 0 aromatic heterocycles. The molecule has 3 heteroatoms. The molecular weight excluding hydrogens is 202 g/mol. The number of methoxy groups -OCH3 is 1. The van der Waals surface area contributed by atoms with Crippen LogP contribution in [0.25, 0.3) is 0 Å². The molecule has 16 heavy (non-hydrogen) atoms. The molecule has 1 fully saturated rings. The van der Waals surface area contributed by atoms with Gasteiger partial charge in [-0.2, -0.15) is 0 Å². The summed E-state index contributed by atoms with van der Waals surface area (Å²) in [4.78, 5) is 2.33. The third kappa shape index (κ3) is 2.20. The number of nitrogens with zero attached hydrogens (tertiary/aromatic N) is 1. The second kappa shape index (κ2) is 5.32. The molecule has 1 atom stereocenters. The standard InChI is InChI=1S/C13H19NO2/c1-16-13-7-3-2-6-11(13)12(10-15)14-8-4-5-9-14/h2-3,6-7,12,15H,4-5,8-10H2,1H3/t12-/m1/s1. The van der Waals surface area contributed by atoms with Crippen molar-refractivity contribution in [2.75, 3.05) is 26.8 Å². The Balaban J connectivity index is 2.24. The van der Waals surface area contributed by atoms with E-state index in [0.717, 1.165) is 24.4 Å². The highest BCUT2D eigenvalue weighted by molar-refractivity contribution is 5.36. The lowest BCUT2D eigenvalue weighted by Gasteiger charge is -2.27. The van der Waals surface area contributed by atoms with Crippen molar-refractivity contribution in [1.29, 1.82) is 0 Å². The quantitative estimate of drug-likeness (QED) is 0.842. The van der Waals surface area contributed by atoms with Gasteiger partial charge in [-0.3, -0.25) is 4.90 Å². The average molecular weight is 221 g/mol. The van der Waals surface area contributed by atoms with Crippen LogP contribution in [0.15, 0.2) is 24.3 Å². The van der Waals surface area contributed by atoms with Crippen molar-refractivity contribution < 1.29 is 9.84 Å². The molecule has 1 saturated heterocycles. The Morgan fingerprint density at radius 1 is 1.31 bits per heavy atom. The van der Waals surface area contributed by atoms with Gasteiger partial charge in [0, 0.05) is 5.56 Å². The maximum atomic E-state index is 9.56. The summed E-state index contributed by atoms with van der Waals surface area (Å²) in [5.41, 5.74) is 1.09. The van der Waals surface area contributed by atoms with Crippen LogP contribution >= 0.6 is 0 Å². The summed E-state index contributed by atoms with van der Waals surface area (Å²) in [7, 11) is 1.68. The molecule has 0 radical (unpaired) electrons. The number of hydrogen-bond acceptors (Lipinski definition) is 3. The fourth-order valence-electron chi connectivity index (χ4n) is 2.41. The monoisotopic (exact) mass is 221 g/mol. The van der Waals surface area contributed by atoms with Gasteiger partial charge >= 0.3 is 0 Å². The normalized spacial score (nSPS) is 18.6. The van der Waals surface area contributed by atoms with E-state index in [0.29, 0.717) is 0 Å². The van der Waals surface area contributed by atoms with Crippen LogP contribution < -0.4 is 4.74 Å². The zero-order valence-corrected chi connectivity index (χ0v) is 9.72. The van der Waals surface area contributed by atoms with Crippen LogP contribution in [-0.2, 0) is 0 Å². The molecule has 0 unspecified atom stereocenters. The van der Waals surface area contributed by atoms with Crippen molar-refractivity contribution in [3.8, 4) is 5.75 Å². The first kappa shape index (κ1) is 11.4. The maximum absolute atomic E-state index is 9.56. The van der Waals surface area contributed by atoms with Crippen LogP contribution in [0.3, 0.4) is 0 Å². The zero-order chi connectivity index (χ0) is 11.4. The summed E-state index contributed by atoms with van der Waals surface area (Å²) < 4.78 is 5.35. The Morgan fingerprint density at radius 2 is 2.00 bits per heavy atom. The van der Waals surface area contributed by atoms with Gasteiger partial charge in [0.2, 0.25) is 0 Å². The summed E-state index contributed by atoms with van der Waals surface area (Å²) >= 11 is 0. The van der Waals surface area contributed by atoms with E-state index in [9.17, 15) is 5.11 Å². The lowest BCUT2D eigenvalue weighted by Crippen LogP contribution is -2.28. The van der Waals surface area contributed by atoms with Crippen LogP contribution in [-0.4, -0.2) is 36.8 Å². The Kier molecular flexibility index (Phi) is 3.80. The number of para-hydroxylation sites is 1. The van der Waals surface area contributed by atoms with Crippen LogP contribution in [0.1, 0.15) is 24.4 Å². The molecule has 0 saturated carbocycles. The van der Waals surface area contributed by atoms with E-state index in [4.69, 9.17) is 4.74 Å².